The van der Waals surface area contributed by atoms with Crippen LogP contribution in [0.1, 0.15) is 0 Å². The number of nitrogens with zero attached hydrogens (tertiary/aromatic N) is 1. The third-order valence-electron chi connectivity index (χ3n) is 0.816. The van der Waals surface area contributed by atoms with Crippen LogP contribution in [0.4, 0.5) is 5.82 Å². The first-order valence-electron chi connectivity index (χ1n) is 2.82. The summed E-state index contributed by atoms with van der Waals surface area (Å²) in [7, 11) is 0. The molecule has 1 aromatic rings. The van der Waals surface area contributed by atoms with Crippen molar-refractivity contribution in [3.05, 3.63) is 25.0 Å². The Morgan fingerprint density at radius 3 is 3.40 bits per heavy atom. The summed E-state index contributed by atoms with van der Waals surface area (Å²) in [6.45, 7) is 3.91. The van der Waals surface area contributed by atoms with Gasteiger partial charge in [0.15, 0.2) is 5.82 Å². The highest BCUT2D eigenvalue weighted by Gasteiger charge is 1.90. The summed E-state index contributed by atoms with van der Waals surface area (Å²) in [5.74, 6) is 0.557. The average Bonchev–Trinajstić information content (AvgIpc) is 2.41. The monoisotopic (exact) mass is 140 g/mol. The predicted octanol–water partition coefficient (Wildman–Crippen LogP) is 1.20. The lowest BCUT2D eigenvalue weighted by molar-refractivity contribution is 0.224. The summed E-state index contributed by atoms with van der Waals surface area (Å²) in [6.07, 6.45) is 3.09. The normalized spacial score (nSPS) is 9.20. The van der Waals surface area contributed by atoms with Gasteiger partial charge in [0, 0.05) is 6.07 Å². The van der Waals surface area contributed by atoms with Crippen LogP contribution in [0.15, 0.2) is 29.5 Å². The summed E-state index contributed by atoms with van der Waals surface area (Å²) in [5, 5.41) is 3.54. The van der Waals surface area contributed by atoms with Gasteiger partial charge in [-0.3, -0.25) is 4.84 Å². The van der Waals surface area contributed by atoms with E-state index in [-0.39, 0.29) is 0 Å². The molecule has 1 aromatic heterocycles. The lowest BCUT2D eigenvalue weighted by Gasteiger charge is -1.97. The molecular formula is C6H8N2O2. The van der Waals surface area contributed by atoms with Gasteiger partial charge in [-0.1, -0.05) is 11.2 Å². The van der Waals surface area contributed by atoms with Crippen LogP contribution in [0.5, 0.6) is 0 Å². The number of hydrogen-bond donors (Lipinski definition) is 1. The molecule has 1 heterocycles. The molecule has 10 heavy (non-hydrogen) atoms. The predicted molar refractivity (Wildman–Crippen MR) is 36.3 cm³/mol. The van der Waals surface area contributed by atoms with Crippen molar-refractivity contribution in [2.45, 2.75) is 0 Å². The zero-order chi connectivity index (χ0) is 7.23. The first-order chi connectivity index (χ1) is 4.93. The van der Waals surface area contributed by atoms with E-state index in [1.165, 1.54) is 6.26 Å². The second kappa shape index (κ2) is 3.68. The fraction of sp³-hybridized carbons (Fsp3) is 0.167. The summed E-state index contributed by atoms with van der Waals surface area (Å²) in [6, 6.07) is 1.66. The van der Waals surface area contributed by atoms with Crippen molar-refractivity contribution in [3.63, 3.8) is 0 Å². The maximum Gasteiger partial charge on any atom is 0.192 e. The van der Waals surface area contributed by atoms with Crippen LogP contribution in [0.25, 0.3) is 0 Å². The molecule has 4 nitrogen and oxygen atoms in total. The second-order valence-electron chi connectivity index (χ2n) is 1.59. The summed E-state index contributed by atoms with van der Waals surface area (Å²) < 4.78 is 4.53. The van der Waals surface area contributed by atoms with Crippen molar-refractivity contribution in [2.24, 2.45) is 0 Å². The minimum absolute atomic E-state index is 0.437. The van der Waals surface area contributed by atoms with Crippen molar-refractivity contribution < 1.29 is 9.36 Å². The standard InChI is InChI=1S/C6H8N2O2/c1-2-4-9-7-6-3-5-10-8-6/h2-3,5H,1,4H2,(H,7,8). The van der Waals surface area contributed by atoms with Crippen LogP contribution in [0, 0.1) is 0 Å². The molecule has 0 amide bonds. The molecule has 0 aromatic carbocycles. The Morgan fingerprint density at radius 2 is 2.80 bits per heavy atom. The summed E-state index contributed by atoms with van der Waals surface area (Å²) in [5.41, 5.74) is 2.55. The van der Waals surface area contributed by atoms with Crippen LogP contribution in [-0.4, -0.2) is 11.8 Å². The molecule has 4 heteroatoms. The third-order valence-corrected chi connectivity index (χ3v) is 0.816. The Bertz CT molecular complexity index is 184. The van der Waals surface area contributed by atoms with Gasteiger partial charge in [-0.05, 0) is 0 Å². The van der Waals surface area contributed by atoms with Crippen molar-refractivity contribution in [3.8, 4) is 0 Å². The number of rotatable bonds is 4. The number of anilines is 1. The first-order valence-corrected chi connectivity index (χ1v) is 2.82. The van der Waals surface area contributed by atoms with Crippen LogP contribution >= 0.6 is 0 Å². The smallest absolute Gasteiger partial charge is 0.192 e. The van der Waals surface area contributed by atoms with Gasteiger partial charge >= 0.3 is 0 Å². The molecule has 0 atom stereocenters. The van der Waals surface area contributed by atoms with Crippen molar-refractivity contribution in [2.75, 3.05) is 12.1 Å². The van der Waals surface area contributed by atoms with E-state index < -0.39 is 0 Å². The van der Waals surface area contributed by atoms with E-state index in [2.05, 4.69) is 21.7 Å². The molecule has 0 aliphatic heterocycles. The summed E-state index contributed by atoms with van der Waals surface area (Å²) in [4.78, 5) is 4.84. The Hall–Kier alpha value is -1.29. The topological polar surface area (TPSA) is 47.3 Å². The SMILES string of the molecule is C=CCONc1ccon1. The van der Waals surface area contributed by atoms with E-state index in [0.717, 1.165) is 0 Å². The number of aromatic nitrogens is 1. The molecule has 1 rings (SSSR count). The minimum atomic E-state index is 0.437. The Kier molecular flexibility index (Phi) is 2.51. The lowest BCUT2D eigenvalue weighted by Crippen LogP contribution is -2.00. The van der Waals surface area contributed by atoms with Crippen LogP contribution < -0.4 is 5.48 Å². The fourth-order valence-electron chi connectivity index (χ4n) is 0.440. The molecule has 0 bridgehead atoms. The largest absolute Gasteiger partial charge is 0.363 e. The van der Waals surface area contributed by atoms with Crippen molar-refractivity contribution >= 4 is 5.82 Å². The second-order valence-corrected chi connectivity index (χ2v) is 1.59. The average molecular weight is 140 g/mol. The van der Waals surface area contributed by atoms with Gasteiger partial charge in [-0.15, -0.1) is 6.58 Å². The quantitative estimate of drug-likeness (QED) is 0.388. The van der Waals surface area contributed by atoms with Crippen LogP contribution in [0.2, 0.25) is 0 Å². The maximum absolute atomic E-state index is 4.84. The minimum Gasteiger partial charge on any atom is -0.363 e. The van der Waals surface area contributed by atoms with E-state index in [1.54, 1.807) is 12.1 Å². The van der Waals surface area contributed by atoms with Gasteiger partial charge in [0.25, 0.3) is 0 Å². The summed E-state index contributed by atoms with van der Waals surface area (Å²) >= 11 is 0. The highest BCUT2D eigenvalue weighted by Crippen LogP contribution is 1.99. The molecule has 0 saturated carbocycles. The number of nitrogens with one attached hydrogen (secondary N) is 1. The zero-order valence-corrected chi connectivity index (χ0v) is 5.41. The van der Waals surface area contributed by atoms with E-state index >= 15 is 0 Å². The van der Waals surface area contributed by atoms with Gasteiger partial charge in [-0.2, -0.15) is 0 Å². The van der Waals surface area contributed by atoms with Crippen LogP contribution in [-0.2, 0) is 4.84 Å². The van der Waals surface area contributed by atoms with Gasteiger partial charge in [0.05, 0.1) is 6.61 Å². The highest BCUT2D eigenvalue weighted by atomic mass is 16.6. The Balaban J connectivity index is 2.21. The van der Waals surface area contributed by atoms with E-state index in [1.807, 2.05) is 0 Å². The molecule has 0 aliphatic rings. The zero-order valence-electron chi connectivity index (χ0n) is 5.41. The lowest BCUT2D eigenvalue weighted by atomic mass is 10.7. The molecule has 0 spiro atoms. The molecule has 1 N–H and O–H groups in total. The van der Waals surface area contributed by atoms with E-state index in [0.29, 0.717) is 12.4 Å². The van der Waals surface area contributed by atoms with Gasteiger partial charge in [0.1, 0.15) is 6.26 Å². The highest BCUT2D eigenvalue weighted by molar-refractivity contribution is 5.26. The van der Waals surface area contributed by atoms with Gasteiger partial charge in [-0.25, -0.2) is 5.48 Å². The van der Waals surface area contributed by atoms with Crippen LogP contribution in [0.3, 0.4) is 0 Å². The molecular weight excluding hydrogens is 132 g/mol. The van der Waals surface area contributed by atoms with Crippen molar-refractivity contribution in [1.82, 2.24) is 5.16 Å². The van der Waals surface area contributed by atoms with Gasteiger partial charge in [0.2, 0.25) is 0 Å². The first kappa shape index (κ1) is 6.82. The number of hydrogen-bond acceptors (Lipinski definition) is 4. The molecule has 0 radical (unpaired) electrons. The Labute approximate surface area is 58.4 Å². The van der Waals surface area contributed by atoms with Gasteiger partial charge < -0.3 is 4.52 Å². The fourth-order valence-corrected chi connectivity index (χ4v) is 0.440. The molecule has 0 unspecified atom stereocenters. The maximum atomic E-state index is 4.84. The molecule has 0 fully saturated rings. The molecule has 54 valence electrons. The molecule has 0 saturated heterocycles. The van der Waals surface area contributed by atoms with E-state index in [9.17, 15) is 0 Å². The molecule has 0 aliphatic carbocycles. The Morgan fingerprint density at radius 1 is 1.90 bits per heavy atom. The third kappa shape index (κ3) is 1.91. The van der Waals surface area contributed by atoms with Crippen molar-refractivity contribution in [1.29, 1.82) is 0 Å². The van der Waals surface area contributed by atoms with E-state index in [4.69, 9.17) is 4.84 Å².